The highest BCUT2D eigenvalue weighted by Crippen LogP contribution is 2.26. The number of rotatable bonds is 5. The van der Waals surface area contributed by atoms with Crippen LogP contribution < -0.4 is 5.32 Å². The van der Waals surface area contributed by atoms with E-state index >= 15 is 0 Å². The van der Waals surface area contributed by atoms with Crippen LogP contribution in [0.15, 0.2) is 18.2 Å². The minimum absolute atomic E-state index is 0.00503. The van der Waals surface area contributed by atoms with Gasteiger partial charge >= 0.3 is 0 Å². The predicted molar refractivity (Wildman–Crippen MR) is 81.1 cm³/mol. The van der Waals surface area contributed by atoms with Crippen LogP contribution in [0.1, 0.15) is 43.0 Å². The Bertz CT molecular complexity index is 495. The van der Waals surface area contributed by atoms with Crippen LogP contribution in [-0.2, 0) is 4.74 Å². The monoisotopic (exact) mass is 313 g/mol. The maximum absolute atomic E-state index is 13.6. The van der Waals surface area contributed by atoms with Gasteiger partial charge in [0.05, 0.1) is 18.3 Å². The molecule has 2 rings (SSSR count). The fourth-order valence-electron chi connectivity index (χ4n) is 2.67. The van der Waals surface area contributed by atoms with Crippen LogP contribution in [0.2, 0.25) is 5.02 Å². The van der Waals surface area contributed by atoms with E-state index in [-0.39, 0.29) is 16.7 Å². The van der Waals surface area contributed by atoms with E-state index in [4.69, 9.17) is 16.3 Å². The number of ether oxygens (including phenoxy) is 1. The summed E-state index contributed by atoms with van der Waals surface area (Å²) in [5.41, 5.74) is 0.00503. The predicted octanol–water partition coefficient (Wildman–Crippen LogP) is 3.80. The van der Waals surface area contributed by atoms with E-state index in [1.807, 2.05) is 0 Å². The van der Waals surface area contributed by atoms with Crippen molar-refractivity contribution in [3.8, 4) is 0 Å². The van der Waals surface area contributed by atoms with Gasteiger partial charge in [-0.2, -0.15) is 0 Å². The first-order valence-corrected chi connectivity index (χ1v) is 7.80. The van der Waals surface area contributed by atoms with Crippen molar-refractivity contribution in [1.82, 2.24) is 5.32 Å². The Balaban J connectivity index is 1.74. The van der Waals surface area contributed by atoms with E-state index in [1.165, 1.54) is 31.4 Å². The van der Waals surface area contributed by atoms with E-state index in [0.29, 0.717) is 19.1 Å². The molecular weight excluding hydrogens is 293 g/mol. The summed E-state index contributed by atoms with van der Waals surface area (Å²) in [7, 11) is 0. The molecule has 0 aromatic heterocycles. The van der Waals surface area contributed by atoms with E-state index < -0.39 is 11.7 Å². The Hall–Kier alpha value is -1.13. The average Bonchev–Trinajstić information content (AvgIpc) is 2.45. The van der Waals surface area contributed by atoms with Crippen LogP contribution in [-0.4, -0.2) is 25.2 Å². The summed E-state index contributed by atoms with van der Waals surface area (Å²) in [5, 5.41) is 2.94. The lowest BCUT2D eigenvalue weighted by atomic mass is 9.88. The molecule has 1 aliphatic carbocycles. The number of hydrogen-bond acceptors (Lipinski definition) is 2. The second kappa shape index (κ2) is 7.76. The van der Waals surface area contributed by atoms with Crippen molar-refractivity contribution >= 4 is 17.5 Å². The number of halogens is 2. The summed E-state index contributed by atoms with van der Waals surface area (Å²) in [5.74, 6) is -0.477. The minimum atomic E-state index is -0.609. The molecule has 1 aromatic rings. The summed E-state index contributed by atoms with van der Waals surface area (Å²) in [6.07, 6.45) is 5.04. The van der Waals surface area contributed by atoms with Gasteiger partial charge in [0.15, 0.2) is 0 Å². The van der Waals surface area contributed by atoms with E-state index in [9.17, 15) is 9.18 Å². The first kappa shape index (κ1) is 16.2. The average molecular weight is 314 g/mol. The summed E-state index contributed by atoms with van der Waals surface area (Å²) < 4.78 is 19.4. The van der Waals surface area contributed by atoms with Crippen molar-refractivity contribution in [3.05, 3.63) is 34.6 Å². The molecule has 21 heavy (non-hydrogen) atoms. The first-order chi connectivity index (χ1) is 10.1. The molecular formula is C16H21ClFNO2. The molecule has 1 aliphatic rings. The maximum Gasteiger partial charge on any atom is 0.254 e. The smallest absolute Gasteiger partial charge is 0.254 e. The molecule has 0 heterocycles. The zero-order valence-corrected chi connectivity index (χ0v) is 13.0. The molecule has 1 saturated carbocycles. The summed E-state index contributed by atoms with van der Waals surface area (Å²) in [6, 6.07) is 4.02. The van der Waals surface area contributed by atoms with Crippen molar-refractivity contribution in [2.24, 2.45) is 5.92 Å². The van der Waals surface area contributed by atoms with Gasteiger partial charge in [-0.1, -0.05) is 31.4 Å². The van der Waals surface area contributed by atoms with E-state index in [0.717, 1.165) is 12.5 Å². The second-order valence-electron chi connectivity index (χ2n) is 5.55. The number of benzene rings is 1. The number of carbonyl (C=O) groups excluding carboxylic acids is 1. The number of amides is 1. The fourth-order valence-corrected chi connectivity index (χ4v) is 2.83. The third-order valence-corrected chi connectivity index (χ3v) is 4.16. The maximum atomic E-state index is 13.6. The molecule has 1 amide bonds. The largest absolute Gasteiger partial charge is 0.376 e. The highest BCUT2D eigenvalue weighted by atomic mass is 35.5. The van der Waals surface area contributed by atoms with Crippen LogP contribution in [0.3, 0.4) is 0 Å². The third kappa shape index (κ3) is 4.68. The lowest BCUT2D eigenvalue weighted by molar-refractivity contribution is -0.00295. The Morgan fingerprint density at radius 2 is 2.19 bits per heavy atom. The van der Waals surface area contributed by atoms with Crippen molar-refractivity contribution < 1.29 is 13.9 Å². The van der Waals surface area contributed by atoms with Gasteiger partial charge in [-0.05, 0) is 37.0 Å². The normalized spacial score (nSPS) is 22.0. The van der Waals surface area contributed by atoms with Gasteiger partial charge in [0.1, 0.15) is 5.82 Å². The van der Waals surface area contributed by atoms with Gasteiger partial charge in [0, 0.05) is 11.6 Å². The number of hydrogen-bond donors (Lipinski definition) is 1. The zero-order valence-electron chi connectivity index (χ0n) is 12.2. The molecule has 0 bridgehead atoms. The van der Waals surface area contributed by atoms with Crippen molar-refractivity contribution in [1.29, 1.82) is 0 Å². The second-order valence-corrected chi connectivity index (χ2v) is 5.99. The van der Waals surface area contributed by atoms with Gasteiger partial charge in [-0.15, -0.1) is 0 Å². The molecule has 1 aromatic carbocycles. The summed E-state index contributed by atoms with van der Waals surface area (Å²) in [4.78, 5) is 11.8. The third-order valence-electron chi connectivity index (χ3n) is 3.93. The molecule has 0 radical (unpaired) electrons. The molecule has 3 nitrogen and oxygen atoms in total. The standard InChI is InChI=1S/C16H21ClFNO2/c1-11-4-2-3-5-15(11)21-9-8-19-16(20)13-7-6-12(17)10-14(13)18/h6-7,10-11,15H,2-5,8-9H2,1H3,(H,19,20)/t11-,15+/m1/s1. The van der Waals surface area contributed by atoms with Crippen LogP contribution in [0.25, 0.3) is 0 Å². The molecule has 0 unspecified atom stereocenters. The summed E-state index contributed by atoms with van der Waals surface area (Å²) in [6.45, 7) is 3.03. The Morgan fingerprint density at radius 1 is 1.43 bits per heavy atom. The lowest BCUT2D eigenvalue weighted by Crippen LogP contribution is -2.32. The molecule has 0 saturated heterocycles. The number of nitrogens with one attached hydrogen (secondary N) is 1. The molecule has 116 valence electrons. The van der Waals surface area contributed by atoms with Crippen LogP contribution in [0, 0.1) is 11.7 Å². The quantitative estimate of drug-likeness (QED) is 0.840. The SMILES string of the molecule is C[C@@H]1CCCC[C@@H]1OCCNC(=O)c1ccc(Cl)cc1F. The Morgan fingerprint density at radius 3 is 2.90 bits per heavy atom. The molecule has 2 atom stereocenters. The van der Waals surface area contributed by atoms with Crippen LogP contribution >= 0.6 is 11.6 Å². The Labute approximate surface area is 129 Å². The van der Waals surface area contributed by atoms with Gasteiger partial charge < -0.3 is 10.1 Å². The molecule has 1 N–H and O–H groups in total. The fraction of sp³-hybridized carbons (Fsp3) is 0.562. The zero-order chi connectivity index (χ0) is 15.2. The van der Waals surface area contributed by atoms with E-state index in [2.05, 4.69) is 12.2 Å². The van der Waals surface area contributed by atoms with Crippen molar-refractivity contribution in [3.63, 3.8) is 0 Å². The van der Waals surface area contributed by atoms with Crippen molar-refractivity contribution in [2.75, 3.05) is 13.2 Å². The first-order valence-electron chi connectivity index (χ1n) is 7.43. The van der Waals surface area contributed by atoms with Gasteiger partial charge in [-0.25, -0.2) is 4.39 Å². The van der Waals surface area contributed by atoms with Crippen molar-refractivity contribution in [2.45, 2.75) is 38.7 Å². The summed E-state index contributed by atoms with van der Waals surface area (Å²) >= 11 is 5.66. The van der Waals surface area contributed by atoms with Crippen LogP contribution in [0.4, 0.5) is 4.39 Å². The lowest BCUT2D eigenvalue weighted by Gasteiger charge is -2.28. The molecule has 5 heteroatoms. The highest BCUT2D eigenvalue weighted by molar-refractivity contribution is 6.30. The molecule has 0 aliphatic heterocycles. The minimum Gasteiger partial charge on any atom is -0.376 e. The highest BCUT2D eigenvalue weighted by Gasteiger charge is 2.21. The van der Waals surface area contributed by atoms with Gasteiger partial charge in [-0.3, -0.25) is 4.79 Å². The molecule has 1 fully saturated rings. The number of carbonyl (C=O) groups is 1. The topological polar surface area (TPSA) is 38.3 Å². The van der Waals surface area contributed by atoms with Gasteiger partial charge in [0.25, 0.3) is 5.91 Å². The Kier molecular flexibility index (Phi) is 6.00. The van der Waals surface area contributed by atoms with Gasteiger partial charge in [0.2, 0.25) is 0 Å². The van der Waals surface area contributed by atoms with E-state index in [1.54, 1.807) is 0 Å². The van der Waals surface area contributed by atoms with Crippen LogP contribution in [0.5, 0.6) is 0 Å². The molecule has 0 spiro atoms.